The first-order valence-electron chi connectivity index (χ1n) is 7.34. The van der Waals surface area contributed by atoms with Gasteiger partial charge in [-0.2, -0.15) is 0 Å². The molecule has 2 heteroatoms. The van der Waals surface area contributed by atoms with E-state index < -0.39 is 0 Å². The average molecular weight is 261 g/mol. The molecule has 1 aromatic rings. The molecule has 19 heavy (non-hydrogen) atoms. The lowest BCUT2D eigenvalue weighted by molar-refractivity contribution is -0.727. The number of nitrogens with two attached hydrogens (primary N) is 1. The molecule has 0 aliphatic carbocycles. The third-order valence-corrected chi connectivity index (χ3v) is 4.79. The van der Waals surface area contributed by atoms with Gasteiger partial charge in [0, 0.05) is 17.7 Å². The highest BCUT2D eigenvalue weighted by Crippen LogP contribution is 2.28. The molecule has 2 nitrogen and oxygen atoms in total. The molecule has 0 saturated heterocycles. The second-order valence-corrected chi connectivity index (χ2v) is 5.91. The number of aromatic nitrogens is 1. The number of nitrogens with zero attached hydrogens (tertiary/aromatic N) is 1. The highest BCUT2D eigenvalue weighted by molar-refractivity contribution is 5.58. The van der Waals surface area contributed by atoms with E-state index in [4.69, 9.17) is 5.73 Å². The topological polar surface area (TPSA) is 29.9 Å². The molecule has 0 fully saturated rings. The number of rotatable bonds is 6. The van der Waals surface area contributed by atoms with Crippen LogP contribution in [0.25, 0.3) is 5.70 Å². The predicted molar refractivity (Wildman–Crippen MR) is 82.4 cm³/mol. The van der Waals surface area contributed by atoms with E-state index in [1.807, 2.05) is 12.1 Å². The summed E-state index contributed by atoms with van der Waals surface area (Å²) in [6, 6.07) is 4.52. The van der Waals surface area contributed by atoms with Gasteiger partial charge in [-0.15, -0.1) is 0 Å². The maximum Gasteiger partial charge on any atom is 0.178 e. The van der Waals surface area contributed by atoms with Crippen molar-refractivity contribution in [1.29, 1.82) is 0 Å². The Morgan fingerprint density at radius 3 is 2.42 bits per heavy atom. The van der Waals surface area contributed by atoms with E-state index in [1.54, 1.807) is 0 Å². The minimum absolute atomic E-state index is 0.461. The van der Waals surface area contributed by atoms with Gasteiger partial charge >= 0.3 is 0 Å². The van der Waals surface area contributed by atoms with Crippen LogP contribution in [0.1, 0.15) is 52.6 Å². The molecule has 0 radical (unpaired) electrons. The molecule has 0 spiro atoms. The van der Waals surface area contributed by atoms with E-state index in [-0.39, 0.29) is 0 Å². The second-order valence-electron chi connectivity index (χ2n) is 5.91. The maximum absolute atomic E-state index is 5.78. The SMILES string of the molecule is C=C(N)c1ccc[n+]([C@H](C)[C@H](C)[C@H](C)[C@H](C)CC)c1. The average Bonchev–Trinajstić information content (AvgIpc) is 2.44. The summed E-state index contributed by atoms with van der Waals surface area (Å²) in [5, 5.41) is 0. The van der Waals surface area contributed by atoms with Crippen LogP contribution in [-0.4, -0.2) is 0 Å². The number of hydrogen-bond donors (Lipinski definition) is 1. The van der Waals surface area contributed by atoms with Gasteiger partial charge in [-0.05, 0) is 24.8 Å². The van der Waals surface area contributed by atoms with Crippen LogP contribution in [0.5, 0.6) is 0 Å². The van der Waals surface area contributed by atoms with Crippen molar-refractivity contribution in [3.8, 4) is 0 Å². The fourth-order valence-corrected chi connectivity index (χ4v) is 2.54. The molecular weight excluding hydrogens is 232 g/mol. The van der Waals surface area contributed by atoms with E-state index >= 15 is 0 Å². The molecular formula is C17H29N2+. The highest BCUT2D eigenvalue weighted by Gasteiger charge is 2.28. The summed E-state index contributed by atoms with van der Waals surface area (Å²) in [6.07, 6.45) is 5.46. The summed E-state index contributed by atoms with van der Waals surface area (Å²) in [5.74, 6) is 2.09. The van der Waals surface area contributed by atoms with E-state index in [2.05, 4.69) is 58.2 Å². The Kier molecular flexibility index (Phi) is 5.59. The van der Waals surface area contributed by atoms with Crippen molar-refractivity contribution in [2.45, 2.75) is 47.1 Å². The van der Waals surface area contributed by atoms with Crippen molar-refractivity contribution in [2.75, 3.05) is 0 Å². The van der Waals surface area contributed by atoms with Crippen molar-refractivity contribution in [2.24, 2.45) is 23.5 Å². The molecule has 0 unspecified atom stereocenters. The van der Waals surface area contributed by atoms with Crippen molar-refractivity contribution in [3.63, 3.8) is 0 Å². The van der Waals surface area contributed by atoms with Crippen molar-refractivity contribution >= 4 is 5.70 Å². The fourth-order valence-electron chi connectivity index (χ4n) is 2.54. The number of hydrogen-bond acceptors (Lipinski definition) is 1. The summed E-state index contributed by atoms with van der Waals surface area (Å²) < 4.78 is 2.26. The Balaban J connectivity index is 2.90. The Labute approximate surface area is 118 Å². The lowest BCUT2D eigenvalue weighted by Gasteiger charge is -2.27. The van der Waals surface area contributed by atoms with Gasteiger partial charge in [-0.3, -0.25) is 0 Å². The second kappa shape index (κ2) is 6.74. The standard InChI is InChI=1S/C17H29N2/c1-7-12(2)13(3)14(4)16(6)19-10-8-9-17(11-19)15(5)18/h8-14,16H,5,7,18H2,1-4,6H3/q+1/t12-,13-,14-,16-/m1/s1. The zero-order valence-electron chi connectivity index (χ0n) is 13.1. The molecule has 4 atom stereocenters. The molecule has 0 bridgehead atoms. The zero-order chi connectivity index (χ0) is 14.6. The maximum atomic E-state index is 5.78. The van der Waals surface area contributed by atoms with E-state index in [0.29, 0.717) is 23.6 Å². The smallest absolute Gasteiger partial charge is 0.178 e. The van der Waals surface area contributed by atoms with Crippen LogP contribution in [-0.2, 0) is 0 Å². The van der Waals surface area contributed by atoms with Crippen LogP contribution in [0.2, 0.25) is 0 Å². The van der Waals surface area contributed by atoms with Gasteiger partial charge in [0.15, 0.2) is 18.4 Å². The first kappa shape index (κ1) is 15.7. The summed E-state index contributed by atoms with van der Waals surface area (Å²) >= 11 is 0. The van der Waals surface area contributed by atoms with Gasteiger partial charge in [0.05, 0.1) is 5.56 Å². The molecule has 0 aliphatic rings. The molecule has 0 aromatic carbocycles. The molecule has 2 N–H and O–H groups in total. The largest absolute Gasteiger partial charge is 0.399 e. The van der Waals surface area contributed by atoms with Gasteiger partial charge in [-0.1, -0.05) is 40.7 Å². The molecule has 1 aromatic heterocycles. The lowest BCUT2D eigenvalue weighted by atomic mass is 9.80. The molecule has 1 rings (SSSR count). The quantitative estimate of drug-likeness (QED) is 0.776. The summed E-state index contributed by atoms with van der Waals surface area (Å²) in [6.45, 7) is 15.4. The van der Waals surface area contributed by atoms with Crippen molar-refractivity contribution in [1.82, 2.24) is 0 Å². The summed E-state index contributed by atoms with van der Waals surface area (Å²) in [5.41, 5.74) is 7.42. The molecule has 0 aliphatic heterocycles. The van der Waals surface area contributed by atoms with Crippen LogP contribution in [0.4, 0.5) is 0 Å². The van der Waals surface area contributed by atoms with Crippen LogP contribution in [0.3, 0.4) is 0 Å². The van der Waals surface area contributed by atoms with Gasteiger partial charge in [-0.25, -0.2) is 4.57 Å². The predicted octanol–water partition coefficient (Wildman–Crippen LogP) is 3.78. The van der Waals surface area contributed by atoms with Gasteiger partial charge in [0.1, 0.15) is 0 Å². The fraction of sp³-hybridized carbons (Fsp3) is 0.588. The molecule has 1 heterocycles. The Morgan fingerprint density at radius 2 is 1.89 bits per heavy atom. The summed E-state index contributed by atoms with van der Waals surface area (Å²) in [4.78, 5) is 0. The Bertz CT molecular complexity index is 425. The highest BCUT2D eigenvalue weighted by atomic mass is 15.0. The number of pyridine rings is 1. The third kappa shape index (κ3) is 3.82. The zero-order valence-corrected chi connectivity index (χ0v) is 13.1. The van der Waals surface area contributed by atoms with Gasteiger partial charge in [0.2, 0.25) is 0 Å². The normalized spacial score (nSPS) is 17.5. The van der Waals surface area contributed by atoms with E-state index in [1.165, 1.54) is 6.42 Å². The van der Waals surface area contributed by atoms with Crippen LogP contribution < -0.4 is 10.3 Å². The van der Waals surface area contributed by atoms with Gasteiger partial charge < -0.3 is 5.73 Å². The van der Waals surface area contributed by atoms with Crippen molar-refractivity contribution in [3.05, 3.63) is 36.7 Å². The first-order valence-corrected chi connectivity index (χ1v) is 7.34. The third-order valence-electron chi connectivity index (χ3n) is 4.79. The monoisotopic (exact) mass is 261 g/mol. The summed E-state index contributed by atoms with van der Waals surface area (Å²) in [7, 11) is 0. The van der Waals surface area contributed by atoms with Gasteiger partial charge in [0.25, 0.3) is 0 Å². The Hall–Kier alpha value is -1.31. The lowest BCUT2D eigenvalue weighted by Crippen LogP contribution is -2.43. The molecule has 106 valence electrons. The minimum Gasteiger partial charge on any atom is -0.399 e. The van der Waals surface area contributed by atoms with E-state index in [0.717, 1.165) is 11.5 Å². The van der Waals surface area contributed by atoms with E-state index in [9.17, 15) is 0 Å². The first-order chi connectivity index (χ1) is 8.88. The van der Waals surface area contributed by atoms with Crippen molar-refractivity contribution < 1.29 is 4.57 Å². The Morgan fingerprint density at radius 1 is 1.26 bits per heavy atom. The van der Waals surface area contributed by atoms with Crippen LogP contribution in [0, 0.1) is 17.8 Å². The molecule has 0 amide bonds. The minimum atomic E-state index is 0.461. The molecule has 0 saturated carbocycles. The van der Waals surface area contributed by atoms with Crippen LogP contribution >= 0.6 is 0 Å². The van der Waals surface area contributed by atoms with Crippen LogP contribution in [0.15, 0.2) is 31.1 Å².